The highest BCUT2D eigenvalue weighted by atomic mass is 16.5. The number of morpholine rings is 1. The molecule has 1 aliphatic heterocycles. The molecular weight excluding hydrogens is 218 g/mol. The fourth-order valence-corrected chi connectivity index (χ4v) is 1.83. The quantitative estimate of drug-likeness (QED) is 0.807. The number of hydrogen-bond donors (Lipinski definition) is 1. The minimum absolute atomic E-state index is 0.0833. The Balaban J connectivity index is 2.04. The molecule has 17 heavy (non-hydrogen) atoms. The minimum atomic E-state index is -0.276. The number of esters is 1. The smallest absolute Gasteiger partial charge is 0.338 e. The Morgan fingerprint density at radius 2 is 2.24 bits per heavy atom. The van der Waals surface area contributed by atoms with E-state index in [-0.39, 0.29) is 12.1 Å². The fourth-order valence-electron chi connectivity index (χ4n) is 1.83. The minimum Gasteiger partial charge on any atom is -0.462 e. The maximum Gasteiger partial charge on any atom is 0.338 e. The summed E-state index contributed by atoms with van der Waals surface area (Å²) in [6, 6.07) is 7.41. The highest BCUT2D eigenvalue weighted by molar-refractivity contribution is 5.89. The van der Waals surface area contributed by atoms with Gasteiger partial charge in [-0.1, -0.05) is 12.1 Å². The summed E-state index contributed by atoms with van der Waals surface area (Å²) in [6.45, 7) is 4.64. The van der Waals surface area contributed by atoms with Gasteiger partial charge in [-0.3, -0.25) is 0 Å². The summed E-state index contributed by atoms with van der Waals surface area (Å²) >= 11 is 0. The standard InChI is InChI=1S/C13H17NO3/c1-2-16-13(15)11-5-3-10(4-6-11)12-9-14-7-8-17-12/h3-6,12,14H,2,7-9H2,1H3. The van der Waals surface area contributed by atoms with E-state index in [1.165, 1.54) is 0 Å². The molecule has 0 aliphatic carbocycles. The van der Waals surface area contributed by atoms with E-state index < -0.39 is 0 Å². The van der Waals surface area contributed by atoms with Crippen LogP contribution in [-0.4, -0.2) is 32.3 Å². The van der Waals surface area contributed by atoms with Gasteiger partial charge in [-0.05, 0) is 24.6 Å². The first-order chi connectivity index (χ1) is 8.31. The monoisotopic (exact) mass is 235 g/mol. The summed E-state index contributed by atoms with van der Waals surface area (Å²) < 4.78 is 10.6. The number of carbonyl (C=O) groups excluding carboxylic acids is 1. The van der Waals surface area contributed by atoms with Crippen molar-refractivity contribution in [3.05, 3.63) is 35.4 Å². The zero-order valence-corrected chi connectivity index (χ0v) is 9.94. The van der Waals surface area contributed by atoms with E-state index in [9.17, 15) is 4.79 Å². The molecule has 4 nitrogen and oxygen atoms in total. The van der Waals surface area contributed by atoms with Crippen molar-refractivity contribution in [1.29, 1.82) is 0 Å². The van der Waals surface area contributed by atoms with E-state index in [0.717, 1.165) is 25.3 Å². The molecule has 1 N–H and O–H groups in total. The third kappa shape index (κ3) is 3.05. The van der Waals surface area contributed by atoms with Crippen molar-refractivity contribution in [1.82, 2.24) is 5.32 Å². The maximum absolute atomic E-state index is 11.5. The average Bonchev–Trinajstić information content (AvgIpc) is 2.40. The second-order valence-electron chi connectivity index (χ2n) is 3.91. The van der Waals surface area contributed by atoms with Crippen LogP contribution in [0.15, 0.2) is 24.3 Å². The molecule has 1 unspecified atom stereocenters. The van der Waals surface area contributed by atoms with Crippen LogP contribution in [0.2, 0.25) is 0 Å². The molecule has 2 rings (SSSR count). The average molecular weight is 235 g/mol. The van der Waals surface area contributed by atoms with Gasteiger partial charge in [-0.2, -0.15) is 0 Å². The molecule has 1 aromatic rings. The molecule has 1 aliphatic rings. The van der Waals surface area contributed by atoms with Crippen molar-refractivity contribution in [3.63, 3.8) is 0 Å². The molecule has 4 heteroatoms. The van der Waals surface area contributed by atoms with Crippen LogP contribution in [0.3, 0.4) is 0 Å². The molecule has 0 amide bonds. The van der Waals surface area contributed by atoms with E-state index >= 15 is 0 Å². The maximum atomic E-state index is 11.5. The molecule has 0 radical (unpaired) electrons. The Morgan fingerprint density at radius 3 is 2.82 bits per heavy atom. The van der Waals surface area contributed by atoms with Gasteiger partial charge in [0.05, 0.1) is 24.9 Å². The topological polar surface area (TPSA) is 47.6 Å². The molecule has 0 saturated carbocycles. The highest BCUT2D eigenvalue weighted by Crippen LogP contribution is 2.19. The number of benzene rings is 1. The van der Waals surface area contributed by atoms with Crippen molar-refractivity contribution < 1.29 is 14.3 Å². The van der Waals surface area contributed by atoms with Crippen LogP contribution in [-0.2, 0) is 9.47 Å². The van der Waals surface area contributed by atoms with Crippen LogP contribution in [0.1, 0.15) is 28.9 Å². The van der Waals surface area contributed by atoms with Gasteiger partial charge in [0.15, 0.2) is 0 Å². The van der Waals surface area contributed by atoms with E-state index in [0.29, 0.717) is 12.2 Å². The molecule has 0 spiro atoms. The largest absolute Gasteiger partial charge is 0.462 e. The van der Waals surface area contributed by atoms with E-state index in [4.69, 9.17) is 9.47 Å². The van der Waals surface area contributed by atoms with Gasteiger partial charge in [0, 0.05) is 13.1 Å². The lowest BCUT2D eigenvalue weighted by Gasteiger charge is -2.23. The fraction of sp³-hybridized carbons (Fsp3) is 0.462. The van der Waals surface area contributed by atoms with Crippen LogP contribution in [0, 0.1) is 0 Å². The lowest BCUT2D eigenvalue weighted by atomic mass is 10.1. The first-order valence-electron chi connectivity index (χ1n) is 5.90. The van der Waals surface area contributed by atoms with Crippen LogP contribution >= 0.6 is 0 Å². The van der Waals surface area contributed by atoms with E-state index in [1.54, 1.807) is 19.1 Å². The van der Waals surface area contributed by atoms with E-state index in [2.05, 4.69) is 5.32 Å². The third-order valence-electron chi connectivity index (χ3n) is 2.72. The summed E-state index contributed by atoms with van der Waals surface area (Å²) in [5.74, 6) is -0.276. The number of nitrogens with one attached hydrogen (secondary N) is 1. The van der Waals surface area contributed by atoms with Crippen molar-refractivity contribution in [2.24, 2.45) is 0 Å². The lowest BCUT2D eigenvalue weighted by Crippen LogP contribution is -2.33. The molecule has 0 aromatic heterocycles. The van der Waals surface area contributed by atoms with Crippen LogP contribution in [0.4, 0.5) is 0 Å². The summed E-state index contributed by atoms with van der Waals surface area (Å²) in [4.78, 5) is 11.5. The van der Waals surface area contributed by atoms with Crippen LogP contribution < -0.4 is 5.32 Å². The Hall–Kier alpha value is -1.39. The van der Waals surface area contributed by atoms with Gasteiger partial charge in [-0.25, -0.2) is 4.79 Å². The van der Waals surface area contributed by atoms with Crippen molar-refractivity contribution in [2.75, 3.05) is 26.3 Å². The van der Waals surface area contributed by atoms with Crippen molar-refractivity contribution in [2.45, 2.75) is 13.0 Å². The summed E-state index contributed by atoms with van der Waals surface area (Å²) in [6.07, 6.45) is 0.0833. The molecule has 1 atom stereocenters. The molecule has 0 bridgehead atoms. The Kier molecular flexibility index (Phi) is 4.12. The summed E-state index contributed by atoms with van der Waals surface area (Å²) in [5, 5.41) is 3.27. The number of rotatable bonds is 3. The summed E-state index contributed by atoms with van der Waals surface area (Å²) in [5.41, 5.74) is 1.67. The number of hydrogen-bond acceptors (Lipinski definition) is 4. The Labute approximate surface area is 101 Å². The zero-order chi connectivity index (χ0) is 12.1. The zero-order valence-electron chi connectivity index (χ0n) is 9.94. The van der Waals surface area contributed by atoms with Crippen LogP contribution in [0.25, 0.3) is 0 Å². The third-order valence-corrected chi connectivity index (χ3v) is 2.72. The van der Waals surface area contributed by atoms with Gasteiger partial charge in [0.2, 0.25) is 0 Å². The molecule has 1 aromatic carbocycles. The molecular formula is C13H17NO3. The number of carbonyl (C=O) groups is 1. The van der Waals surface area contributed by atoms with Gasteiger partial charge in [0.25, 0.3) is 0 Å². The summed E-state index contributed by atoms with van der Waals surface area (Å²) in [7, 11) is 0. The Morgan fingerprint density at radius 1 is 1.47 bits per heavy atom. The van der Waals surface area contributed by atoms with Gasteiger partial charge >= 0.3 is 5.97 Å². The predicted molar refractivity (Wildman–Crippen MR) is 64.0 cm³/mol. The number of ether oxygens (including phenoxy) is 2. The van der Waals surface area contributed by atoms with Crippen molar-refractivity contribution in [3.8, 4) is 0 Å². The molecule has 1 saturated heterocycles. The van der Waals surface area contributed by atoms with Crippen LogP contribution in [0.5, 0.6) is 0 Å². The normalized spacial score (nSPS) is 19.9. The lowest BCUT2D eigenvalue weighted by molar-refractivity contribution is 0.0276. The second kappa shape index (κ2) is 5.80. The SMILES string of the molecule is CCOC(=O)c1ccc(C2CNCCO2)cc1. The molecule has 1 heterocycles. The van der Waals surface area contributed by atoms with Gasteiger partial charge in [0.1, 0.15) is 0 Å². The Bertz CT molecular complexity index is 369. The predicted octanol–water partition coefficient (Wildman–Crippen LogP) is 1.52. The first-order valence-corrected chi connectivity index (χ1v) is 5.90. The first kappa shape index (κ1) is 12.1. The molecule has 1 fully saturated rings. The van der Waals surface area contributed by atoms with Crippen molar-refractivity contribution >= 4 is 5.97 Å². The molecule has 92 valence electrons. The van der Waals surface area contributed by atoms with Gasteiger partial charge in [-0.15, -0.1) is 0 Å². The second-order valence-corrected chi connectivity index (χ2v) is 3.91. The highest BCUT2D eigenvalue weighted by Gasteiger charge is 2.16. The van der Waals surface area contributed by atoms with Gasteiger partial charge < -0.3 is 14.8 Å². The van der Waals surface area contributed by atoms with E-state index in [1.807, 2.05) is 12.1 Å².